The maximum atomic E-state index is 9.49. The normalized spacial score (nSPS) is 39.9. The zero-order valence-electron chi connectivity index (χ0n) is 8.54. The van der Waals surface area contributed by atoms with Gasteiger partial charge in [0.15, 0.2) is 6.29 Å². The molecule has 0 saturated carbocycles. The van der Waals surface area contributed by atoms with E-state index in [9.17, 15) is 10.2 Å². The van der Waals surface area contributed by atoms with E-state index in [1.807, 2.05) is 0 Å². The van der Waals surface area contributed by atoms with Crippen LogP contribution in [0.1, 0.15) is 20.8 Å². The lowest BCUT2D eigenvalue weighted by atomic mass is 10.1. The molecule has 0 spiro atoms. The van der Waals surface area contributed by atoms with Crippen LogP contribution in [0.3, 0.4) is 0 Å². The Balaban J connectivity index is 2.55. The van der Waals surface area contributed by atoms with Crippen LogP contribution in [0.15, 0.2) is 0 Å². The summed E-state index contributed by atoms with van der Waals surface area (Å²) in [5, 5.41) is 27.9. The van der Waals surface area contributed by atoms with Crippen LogP contribution >= 0.6 is 0 Å². The van der Waals surface area contributed by atoms with Gasteiger partial charge in [-0.2, -0.15) is 0 Å². The van der Waals surface area contributed by atoms with Crippen molar-refractivity contribution in [3.63, 3.8) is 0 Å². The second kappa shape index (κ2) is 4.12. The lowest BCUT2D eigenvalue weighted by Crippen LogP contribution is -2.53. The van der Waals surface area contributed by atoms with E-state index in [-0.39, 0.29) is 0 Å². The first kappa shape index (κ1) is 11.9. The quantitative estimate of drug-likeness (QED) is 0.533. The first-order valence-electron chi connectivity index (χ1n) is 4.52. The van der Waals surface area contributed by atoms with Gasteiger partial charge in [-0.3, -0.25) is 0 Å². The largest absolute Gasteiger partial charge is 0.387 e. The van der Waals surface area contributed by atoms with Gasteiger partial charge in [-0.15, -0.1) is 0 Å². The van der Waals surface area contributed by atoms with E-state index in [2.05, 4.69) is 0 Å². The molecule has 1 saturated heterocycles. The Bertz CT molecular complexity index is 188. The predicted octanol–water partition coefficient (Wildman–Crippen LogP) is -0.598. The summed E-state index contributed by atoms with van der Waals surface area (Å²) in [4.78, 5) is 0. The Labute approximate surface area is 83.3 Å². The van der Waals surface area contributed by atoms with Crippen molar-refractivity contribution in [2.45, 2.75) is 51.0 Å². The fourth-order valence-electron chi connectivity index (χ4n) is 1.13. The van der Waals surface area contributed by atoms with Gasteiger partial charge in [0, 0.05) is 0 Å². The van der Waals surface area contributed by atoms with Crippen LogP contribution in [-0.2, 0) is 9.47 Å². The van der Waals surface area contributed by atoms with E-state index < -0.39 is 30.2 Å². The molecule has 0 aliphatic carbocycles. The van der Waals surface area contributed by atoms with Crippen molar-refractivity contribution in [3.8, 4) is 0 Å². The van der Waals surface area contributed by atoms with E-state index in [1.165, 1.54) is 0 Å². The van der Waals surface area contributed by atoms with Crippen LogP contribution in [0.2, 0.25) is 0 Å². The van der Waals surface area contributed by atoms with Gasteiger partial charge in [0.2, 0.25) is 0 Å². The van der Waals surface area contributed by atoms with Crippen molar-refractivity contribution in [2.75, 3.05) is 0 Å². The smallest absolute Gasteiger partial charge is 0.187 e. The zero-order chi connectivity index (χ0) is 10.9. The maximum Gasteiger partial charge on any atom is 0.187 e. The summed E-state index contributed by atoms with van der Waals surface area (Å²) in [7, 11) is 0. The van der Waals surface area contributed by atoms with Gasteiger partial charge in [-0.25, -0.2) is 0 Å². The fraction of sp³-hybridized carbons (Fsp3) is 0.889. The molecule has 1 rings (SSSR count). The number of aliphatic hydroxyl groups is 3. The number of hydrogen-bond acceptors (Lipinski definition) is 5. The SMILES string of the molecule is CC(C)(C)OC1O[CH]C(O)C(O)C1O. The second-order valence-corrected chi connectivity index (χ2v) is 4.34. The third kappa shape index (κ3) is 2.90. The Hall–Kier alpha value is -0.200. The molecule has 83 valence electrons. The van der Waals surface area contributed by atoms with Crippen LogP contribution in [0.25, 0.3) is 0 Å². The van der Waals surface area contributed by atoms with Crippen LogP contribution in [0, 0.1) is 6.61 Å². The van der Waals surface area contributed by atoms with E-state index in [0.29, 0.717) is 0 Å². The monoisotopic (exact) mass is 205 g/mol. The third-order valence-corrected chi connectivity index (χ3v) is 1.80. The van der Waals surface area contributed by atoms with E-state index >= 15 is 0 Å². The van der Waals surface area contributed by atoms with Crippen molar-refractivity contribution in [1.29, 1.82) is 0 Å². The summed E-state index contributed by atoms with van der Waals surface area (Å²) >= 11 is 0. The van der Waals surface area contributed by atoms with E-state index in [4.69, 9.17) is 14.6 Å². The summed E-state index contributed by atoms with van der Waals surface area (Å²) < 4.78 is 10.3. The minimum Gasteiger partial charge on any atom is -0.387 e. The highest BCUT2D eigenvalue weighted by molar-refractivity contribution is 4.89. The standard InChI is InChI=1S/C9H17O5/c1-9(2,3)14-8-7(12)6(11)5(10)4-13-8/h4-8,10-12H,1-3H3. The number of aliphatic hydroxyl groups excluding tert-OH is 3. The number of ether oxygens (including phenoxy) is 2. The lowest BCUT2D eigenvalue weighted by molar-refractivity contribution is -0.275. The molecule has 0 amide bonds. The molecule has 4 unspecified atom stereocenters. The molecule has 4 atom stereocenters. The molecule has 1 radical (unpaired) electrons. The molecule has 1 aliphatic heterocycles. The van der Waals surface area contributed by atoms with Gasteiger partial charge >= 0.3 is 0 Å². The first-order valence-corrected chi connectivity index (χ1v) is 4.52. The average Bonchev–Trinajstić information content (AvgIpc) is 2.04. The molecule has 0 aromatic carbocycles. The topological polar surface area (TPSA) is 79.2 Å². The highest BCUT2D eigenvalue weighted by Crippen LogP contribution is 2.23. The number of rotatable bonds is 1. The van der Waals surface area contributed by atoms with Gasteiger partial charge in [-0.05, 0) is 20.8 Å². The van der Waals surface area contributed by atoms with Crippen molar-refractivity contribution in [1.82, 2.24) is 0 Å². The maximum absolute atomic E-state index is 9.49. The van der Waals surface area contributed by atoms with Crippen molar-refractivity contribution >= 4 is 0 Å². The highest BCUT2D eigenvalue weighted by Gasteiger charge is 2.40. The van der Waals surface area contributed by atoms with Crippen molar-refractivity contribution in [3.05, 3.63) is 6.61 Å². The summed E-state index contributed by atoms with van der Waals surface area (Å²) in [5.41, 5.74) is -0.485. The average molecular weight is 205 g/mol. The third-order valence-electron chi connectivity index (χ3n) is 1.80. The molecule has 1 aliphatic rings. The van der Waals surface area contributed by atoms with Crippen LogP contribution in [0.4, 0.5) is 0 Å². The molecular formula is C9H17O5. The van der Waals surface area contributed by atoms with Gasteiger partial charge in [-0.1, -0.05) is 0 Å². The van der Waals surface area contributed by atoms with Crippen LogP contribution < -0.4 is 0 Å². The van der Waals surface area contributed by atoms with Crippen molar-refractivity contribution in [2.24, 2.45) is 0 Å². The second-order valence-electron chi connectivity index (χ2n) is 4.34. The molecule has 5 heteroatoms. The predicted molar refractivity (Wildman–Crippen MR) is 48.0 cm³/mol. The highest BCUT2D eigenvalue weighted by atomic mass is 16.7. The van der Waals surface area contributed by atoms with E-state index in [0.717, 1.165) is 6.61 Å². The first-order chi connectivity index (χ1) is 6.31. The van der Waals surface area contributed by atoms with Crippen LogP contribution in [-0.4, -0.2) is 45.5 Å². The Kier molecular flexibility index (Phi) is 3.49. The summed E-state index contributed by atoms with van der Waals surface area (Å²) in [5.74, 6) is 0. The molecule has 3 N–H and O–H groups in total. The zero-order valence-corrected chi connectivity index (χ0v) is 8.54. The van der Waals surface area contributed by atoms with Gasteiger partial charge in [0.25, 0.3) is 0 Å². The Morgan fingerprint density at radius 3 is 2.21 bits per heavy atom. The molecule has 1 fully saturated rings. The van der Waals surface area contributed by atoms with Gasteiger partial charge in [0.1, 0.15) is 24.9 Å². The van der Waals surface area contributed by atoms with Crippen LogP contribution in [0.5, 0.6) is 0 Å². The molecule has 1 heterocycles. The Morgan fingerprint density at radius 1 is 1.14 bits per heavy atom. The van der Waals surface area contributed by atoms with Gasteiger partial charge in [0.05, 0.1) is 5.60 Å². The molecule has 0 aromatic heterocycles. The van der Waals surface area contributed by atoms with Crippen molar-refractivity contribution < 1.29 is 24.8 Å². The summed E-state index contributed by atoms with van der Waals surface area (Å²) in [6, 6.07) is 0. The molecule has 5 nitrogen and oxygen atoms in total. The summed E-state index contributed by atoms with van der Waals surface area (Å²) in [6.07, 6.45) is -4.62. The molecule has 0 aromatic rings. The fourth-order valence-corrected chi connectivity index (χ4v) is 1.13. The minimum absolute atomic E-state index is 0.485. The van der Waals surface area contributed by atoms with Gasteiger partial charge < -0.3 is 24.8 Å². The molecule has 0 bridgehead atoms. The minimum atomic E-state index is -1.27. The Morgan fingerprint density at radius 2 is 1.71 bits per heavy atom. The lowest BCUT2D eigenvalue weighted by Gasteiger charge is -2.37. The molecule has 14 heavy (non-hydrogen) atoms. The molecular weight excluding hydrogens is 188 g/mol. The number of hydrogen-bond donors (Lipinski definition) is 3. The summed E-state index contributed by atoms with van der Waals surface area (Å²) in [6.45, 7) is 6.48. The van der Waals surface area contributed by atoms with E-state index in [1.54, 1.807) is 20.8 Å².